The molecule has 0 aliphatic heterocycles. The van der Waals surface area contributed by atoms with E-state index < -0.39 is 13.5 Å². The standard InChI is InChI=1S/C18H33P.C3H6.CH3.2ClH.Ru/c1-4-10-16(11-5-1)19(17-12-6-2-7-13-17)18-14-8-3-9-15-18;1-3-2;;;;/h16-18H,1-15H2;1H,3H2,2H3;1H3;2*1H;/q;;-1;;;+2/p-1. The predicted octanol–water partition coefficient (Wildman–Crippen LogP) is 8.77. The van der Waals surface area contributed by atoms with Gasteiger partial charge < -0.3 is 7.43 Å². The normalized spacial score (nSPS) is 23.6. The van der Waals surface area contributed by atoms with Gasteiger partial charge in [0, 0.05) is 7.92 Å². The Labute approximate surface area is 178 Å². The van der Waals surface area contributed by atoms with Crippen LogP contribution >= 0.6 is 27.3 Å². The molecule has 0 atom stereocenters. The molecule has 3 fully saturated rings. The second-order valence-corrected chi connectivity index (χ2v) is 17.6. The van der Waals surface area contributed by atoms with Crippen LogP contribution in [0.5, 0.6) is 0 Å². The van der Waals surface area contributed by atoms with Crippen LogP contribution in [0.3, 0.4) is 0 Å². The van der Waals surface area contributed by atoms with Gasteiger partial charge in [0.05, 0.1) is 17.0 Å². The topological polar surface area (TPSA) is 0 Å². The SMILES string of the molecule is C1CCC([PH+](C2CCCCC2)C2CCCCC2)CC1.CC[CH]=[Ru]([Cl])[Cl].[CH3-]. The third-order valence-corrected chi connectivity index (χ3v) is 13.6. The molecule has 3 rings (SSSR count). The summed E-state index contributed by atoms with van der Waals surface area (Å²) >= 11 is -1.39. The summed E-state index contributed by atoms with van der Waals surface area (Å²) in [7, 11) is 10.8. The molecule has 3 aliphatic carbocycles. The van der Waals surface area contributed by atoms with Gasteiger partial charge in [-0.2, -0.15) is 0 Å². The van der Waals surface area contributed by atoms with E-state index in [0.29, 0.717) is 0 Å². The Bertz CT molecular complexity index is 324. The Hall–Kier alpha value is 1.50. The molecule has 0 amide bonds. The summed E-state index contributed by atoms with van der Waals surface area (Å²) < 4.78 is 1.97. The minimum absolute atomic E-state index is 0. The fourth-order valence-electron chi connectivity index (χ4n) is 5.42. The average Bonchev–Trinajstić information content (AvgIpc) is 2.65. The van der Waals surface area contributed by atoms with Crippen LogP contribution in [0.15, 0.2) is 0 Å². The molecule has 0 heterocycles. The van der Waals surface area contributed by atoms with Gasteiger partial charge in [-0.1, -0.05) is 19.3 Å². The Kier molecular flexibility index (Phi) is 15.1. The summed E-state index contributed by atoms with van der Waals surface area (Å²) in [4.78, 5) is 0. The zero-order valence-corrected chi connectivity index (χ0v) is 21.5. The van der Waals surface area contributed by atoms with Gasteiger partial charge in [-0.15, -0.1) is 0 Å². The van der Waals surface area contributed by atoms with E-state index in [2.05, 4.69) is 0 Å². The first-order chi connectivity index (χ1) is 12.2. The molecular formula is C22H43Cl2PRu. The average molecular weight is 511 g/mol. The predicted molar refractivity (Wildman–Crippen MR) is 123 cm³/mol. The van der Waals surface area contributed by atoms with Gasteiger partial charge in [-0.3, -0.25) is 0 Å². The van der Waals surface area contributed by atoms with Crippen LogP contribution in [-0.2, 0) is 13.5 Å². The smallest absolute Gasteiger partial charge is 0.358 e. The Morgan fingerprint density at radius 3 is 1.19 bits per heavy atom. The molecule has 0 bridgehead atoms. The number of halogens is 2. The van der Waals surface area contributed by atoms with Crippen LogP contribution in [0.1, 0.15) is 110 Å². The van der Waals surface area contributed by atoms with Crippen molar-refractivity contribution in [2.45, 2.75) is 127 Å². The Morgan fingerprint density at radius 1 is 0.692 bits per heavy atom. The molecule has 3 aliphatic rings. The van der Waals surface area contributed by atoms with E-state index in [4.69, 9.17) is 19.4 Å². The maximum absolute atomic E-state index is 5.43. The molecular weight excluding hydrogens is 467 g/mol. The van der Waals surface area contributed by atoms with Crippen molar-refractivity contribution in [1.82, 2.24) is 0 Å². The molecule has 158 valence electrons. The molecule has 0 aromatic carbocycles. The largest absolute Gasteiger partial charge is 0.358 e. The third kappa shape index (κ3) is 9.33. The van der Waals surface area contributed by atoms with Gasteiger partial charge in [-0.05, 0) is 77.0 Å². The van der Waals surface area contributed by atoms with Gasteiger partial charge >= 0.3 is 50.9 Å². The van der Waals surface area contributed by atoms with E-state index in [0.717, 1.165) is 6.42 Å². The van der Waals surface area contributed by atoms with Crippen molar-refractivity contribution in [3.8, 4) is 0 Å². The fraction of sp³-hybridized carbons (Fsp3) is 0.909. The second kappa shape index (κ2) is 15.4. The van der Waals surface area contributed by atoms with Gasteiger partial charge in [0.2, 0.25) is 0 Å². The minimum Gasteiger partial charge on any atom is -0.358 e. The van der Waals surface area contributed by atoms with Crippen molar-refractivity contribution in [1.29, 1.82) is 0 Å². The summed E-state index contributed by atoms with van der Waals surface area (Å²) in [5.41, 5.74) is 3.68. The first-order valence-corrected chi connectivity index (χ1v) is 18.1. The van der Waals surface area contributed by atoms with Crippen LogP contribution in [0.25, 0.3) is 0 Å². The van der Waals surface area contributed by atoms with Crippen molar-refractivity contribution >= 4 is 31.9 Å². The maximum Gasteiger partial charge on any atom is -0.358 e. The van der Waals surface area contributed by atoms with Crippen molar-refractivity contribution in [2.75, 3.05) is 0 Å². The van der Waals surface area contributed by atoms with Crippen molar-refractivity contribution < 1.29 is 13.5 Å². The molecule has 0 aromatic heterocycles. The number of hydrogen-bond donors (Lipinski definition) is 0. The first kappa shape index (κ1) is 25.5. The number of rotatable bonds is 4. The van der Waals surface area contributed by atoms with Crippen molar-refractivity contribution in [3.63, 3.8) is 0 Å². The molecule has 0 saturated heterocycles. The fourth-order valence-corrected chi connectivity index (χ4v) is 12.5. The summed E-state index contributed by atoms with van der Waals surface area (Å²) in [6, 6.07) is 0. The Morgan fingerprint density at radius 2 is 1.00 bits per heavy atom. The van der Waals surface area contributed by atoms with Crippen LogP contribution in [0, 0.1) is 7.43 Å². The van der Waals surface area contributed by atoms with Crippen LogP contribution < -0.4 is 0 Å². The van der Waals surface area contributed by atoms with Crippen molar-refractivity contribution in [3.05, 3.63) is 7.43 Å². The molecule has 0 unspecified atom stereocenters. The van der Waals surface area contributed by atoms with E-state index >= 15 is 0 Å². The first-order valence-electron chi connectivity index (χ1n) is 10.9. The third-order valence-electron chi connectivity index (χ3n) is 6.48. The summed E-state index contributed by atoms with van der Waals surface area (Å²) in [5.74, 6) is 0. The van der Waals surface area contributed by atoms with Gasteiger partial charge in [-0.25, -0.2) is 0 Å². The van der Waals surface area contributed by atoms with E-state index in [9.17, 15) is 0 Å². The molecule has 26 heavy (non-hydrogen) atoms. The molecule has 0 aromatic rings. The minimum atomic E-state index is -1.39. The molecule has 3 saturated carbocycles. The second-order valence-electron chi connectivity index (χ2n) is 8.26. The van der Waals surface area contributed by atoms with Crippen LogP contribution in [-0.4, -0.2) is 21.6 Å². The van der Waals surface area contributed by atoms with Crippen LogP contribution in [0.4, 0.5) is 0 Å². The van der Waals surface area contributed by atoms with E-state index in [1.165, 1.54) is 17.0 Å². The zero-order valence-electron chi connectivity index (χ0n) is 17.2. The van der Waals surface area contributed by atoms with E-state index in [1.807, 2.05) is 11.5 Å². The summed E-state index contributed by atoms with van der Waals surface area (Å²) in [6.07, 6.45) is 24.8. The maximum atomic E-state index is 5.43. The Balaban J connectivity index is 0.000000422. The monoisotopic (exact) mass is 510 g/mol. The van der Waals surface area contributed by atoms with Gasteiger partial charge in [0.15, 0.2) is 0 Å². The molecule has 0 N–H and O–H groups in total. The van der Waals surface area contributed by atoms with Crippen LogP contribution in [0.2, 0.25) is 0 Å². The molecule has 0 nitrogen and oxygen atoms in total. The number of hydrogen-bond acceptors (Lipinski definition) is 0. The zero-order chi connectivity index (χ0) is 17.9. The van der Waals surface area contributed by atoms with Gasteiger partial charge in [0.1, 0.15) is 0 Å². The molecule has 0 radical (unpaired) electrons. The molecule has 4 heteroatoms. The summed E-state index contributed by atoms with van der Waals surface area (Å²) in [6.45, 7) is 2.03. The van der Waals surface area contributed by atoms with Crippen molar-refractivity contribution in [2.24, 2.45) is 0 Å². The molecule has 0 spiro atoms. The summed E-state index contributed by atoms with van der Waals surface area (Å²) in [5, 5.41) is 0. The van der Waals surface area contributed by atoms with E-state index in [-0.39, 0.29) is 15.3 Å². The quantitative estimate of drug-likeness (QED) is 0.201. The van der Waals surface area contributed by atoms with Gasteiger partial charge in [0.25, 0.3) is 0 Å². The van der Waals surface area contributed by atoms with E-state index in [1.54, 1.807) is 96.3 Å².